The number of rotatable bonds is 7. The molecule has 124 valence electrons. The van der Waals surface area contributed by atoms with Gasteiger partial charge in [0, 0.05) is 12.2 Å². The Hall–Kier alpha value is -2.64. The van der Waals surface area contributed by atoms with Crippen molar-refractivity contribution < 1.29 is 4.79 Å². The lowest BCUT2D eigenvalue weighted by Crippen LogP contribution is -2.33. The lowest BCUT2D eigenvalue weighted by Gasteiger charge is -2.21. The van der Waals surface area contributed by atoms with Gasteiger partial charge in [0.2, 0.25) is 5.91 Å². The molecule has 0 atom stereocenters. The second-order valence-electron chi connectivity index (χ2n) is 5.88. The standard InChI is InChI=1S/C20H23N3O/c1-3-12-23(14-18-10-8-17(13-21)9-11-18)15-20(24)22-19-7-5-4-6-16(19)2/h4-11H,3,12,14-15H2,1-2H3,(H,22,24). The number of nitrogens with one attached hydrogen (secondary N) is 1. The Morgan fingerprint density at radius 2 is 1.88 bits per heavy atom. The van der Waals surface area contributed by atoms with Crippen molar-refractivity contribution >= 4 is 11.6 Å². The number of carbonyl (C=O) groups is 1. The van der Waals surface area contributed by atoms with Gasteiger partial charge in [-0.1, -0.05) is 37.3 Å². The first-order chi connectivity index (χ1) is 11.6. The summed E-state index contributed by atoms with van der Waals surface area (Å²) in [7, 11) is 0. The molecule has 0 bridgehead atoms. The van der Waals surface area contributed by atoms with Crippen LogP contribution in [-0.2, 0) is 11.3 Å². The van der Waals surface area contributed by atoms with Gasteiger partial charge in [-0.15, -0.1) is 0 Å². The zero-order chi connectivity index (χ0) is 17.4. The number of carbonyl (C=O) groups excluding carboxylic acids is 1. The van der Waals surface area contributed by atoms with Gasteiger partial charge in [-0.3, -0.25) is 9.69 Å². The second-order valence-corrected chi connectivity index (χ2v) is 5.88. The fourth-order valence-corrected chi connectivity index (χ4v) is 2.58. The van der Waals surface area contributed by atoms with Gasteiger partial charge in [0.1, 0.15) is 0 Å². The van der Waals surface area contributed by atoms with Crippen LogP contribution in [0.1, 0.15) is 30.0 Å². The third-order valence-corrected chi connectivity index (χ3v) is 3.82. The molecule has 2 aromatic carbocycles. The Morgan fingerprint density at radius 1 is 1.17 bits per heavy atom. The highest BCUT2D eigenvalue weighted by Crippen LogP contribution is 2.13. The van der Waals surface area contributed by atoms with Crippen LogP contribution in [0.2, 0.25) is 0 Å². The van der Waals surface area contributed by atoms with Crippen LogP contribution in [0.3, 0.4) is 0 Å². The lowest BCUT2D eigenvalue weighted by molar-refractivity contribution is -0.117. The molecule has 4 nitrogen and oxygen atoms in total. The van der Waals surface area contributed by atoms with Crippen molar-refractivity contribution in [3.63, 3.8) is 0 Å². The number of amides is 1. The van der Waals surface area contributed by atoms with Crippen molar-refractivity contribution in [1.82, 2.24) is 4.90 Å². The summed E-state index contributed by atoms with van der Waals surface area (Å²) in [6.07, 6.45) is 0.980. The summed E-state index contributed by atoms with van der Waals surface area (Å²) < 4.78 is 0. The Bertz CT molecular complexity index is 716. The summed E-state index contributed by atoms with van der Waals surface area (Å²) >= 11 is 0. The Balaban J connectivity index is 1.98. The number of nitrogens with zero attached hydrogens (tertiary/aromatic N) is 2. The molecule has 0 heterocycles. The van der Waals surface area contributed by atoms with Gasteiger partial charge in [0.25, 0.3) is 0 Å². The Kier molecular flexibility index (Phi) is 6.53. The minimum atomic E-state index is -0.00797. The first kappa shape index (κ1) is 17.7. The van der Waals surface area contributed by atoms with Crippen LogP contribution in [0, 0.1) is 18.3 Å². The molecule has 0 aliphatic heterocycles. The minimum absolute atomic E-state index is 0.00797. The molecule has 2 rings (SSSR count). The normalized spacial score (nSPS) is 10.4. The number of aryl methyl sites for hydroxylation is 1. The van der Waals surface area contributed by atoms with Crippen LogP contribution in [0.5, 0.6) is 0 Å². The second kappa shape index (κ2) is 8.85. The molecule has 0 aromatic heterocycles. The monoisotopic (exact) mass is 321 g/mol. The molecule has 0 fully saturated rings. The quantitative estimate of drug-likeness (QED) is 0.845. The zero-order valence-electron chi connectivity index (χ0n) is 14.2. The number of anilines is 1. The molecule has 0 unspecified atom stereocenters. The number of para-hydroxylation sites is 1. The zero-order valence-corrected chi connectivity index (χ0v) is 14.2. The average molecular weight is 321 g/mol. The van der Waals surface area contributed by atoms with E-state index in [1.807, 2.05) is 55.5 Å². The molecule has 4 heteroatoms. The maximum Gasteiger partial charge on any atom is 0.238 e. The van der Waals surface area contributed by atoms with E-state index in [2.05, 4.69) is 23.2 Å². The molecule has 1 N–H and O–H groups in total. The molecular weight excluding hydrogens is 298 g/mol. The number of nitriles is 1. The molecule has 0 radical (unpaired) electrons. The first-order valence-corrected chi connectivity index (χ1v) is 8.19. The number of hydrogen-bond donors (Lipinski definition) is 1. The van der Waals surface area contributed by atoms with E-state index >= 15 is 0 Å². The first-order valence-electron chi connectivity index (χ1n) is 8.19. The van der Waals surface area contributed by atoms with Gasteiger partial charge in [-0.05, 0) is 49.2 Å². The number of benzene rings is 2. The summed E-state index contributed by atoms with van der Waals surface area (Å²) in [4.78, 5) is 14.5. The van der Waals surface area contributed by atoms with Crippen LogP contribution in [0.4, 0.5) is 5.69 Å². The minimum Gasteiger partial charge on any atom is -0.325 e. The smallest absolute Gasteiger partial charge is 0.238 e. The molecule has 0 saturated carbocycles. The van der Waals surface area contributed by atoms with Crippen molar-refractivity contribution in [2.45, 2.75) is 26.8 Å². The van der Waals surface area contributed by atoms with E-state index in [9.17, 15) is 4.79 Å². The average Bonchev–Trinajstić information content (AvgIpc) is 2.58. The summed E-state index contributed by atoms with van der Waals surface area (Å²) in [6.45, 7) is 5.98. The molecule has 24 heavy (non-hydrogen) atoms. The van der Waals surface area contributed by atoms with E-state index < -0.39 is 0 Å². The SMILES string of the molecule is CCCN(CC(=O)Nc1ccccc1C)Cc1ccc(C#N)cc1. The van der Waals surface area contributed by atoms with Crippen molar-refractivity contribution in [2.75, 3.05) is 18.4 Å². The highest BCUT2D eigenvalue weighted by molar-refractivity contribution is 5.92. The van der Waals surface area contributed by atoms with E-state index in [0.717, 1.165) is 29.8 Å². The maximum absolute atomic E-state index is 12.3. The van der Waals surface area contributed by atoms with Crippen molar-refractivity contribution in [1.29, 1.82) is 5.26 Å². The van der Waals surface area contributed by atoms with E-state index in [4.69, 9.17) is 5.26 Å². The lowest BCUT2D eigenvalue weighted by atomic mass is 10.1. The van der Waals surface area contributed by atoms with Gasteiger partial charge in [-0.2, -0.15) is 5.26 Å². The topological polar surface area (TPSA) is 56.1 Å². The molecule has 0 spiro atoms. The largest absolute Gasteiger partial charge is 0.325 e. The Morgan fingerprint density at radius 3 is 2.50 bits per heavy atom. The predicted molar refractivity (Wildman–Crippen MR) is 96.5 cm³/mol. The van der Waals surface area contributed by atoms with Gasteiger partial charge >= 0.3 is 0 Å². The van der Waals surface area contributed by atoms with Gasteiger partial charge in [0.15, 0.2) is 0 Å². The highest BCUT2D eigenvalue weighted by atomic mass is 16.2. The van der Waals surface area contributed by atoms with E-state index in [0.29, 0.717) is 18.7 Å². The third kappa shape index (κ3) is 5.22. The molecule has 0 aliphatic rings. The fraction of sp³-hybridized carbons (Fsp3) is 0.300. The predicted octanol–water partition coefficient (Wildman–Crippen LogP) is 3.72. The van der Waals surface area contributed by atoms with Crippen LogP contribution in [0.25, 0.3) is 0 Å². The van der Waals surface area contributed by atoms with E-state index in [1.54, 1.807) is 0 Å². The Labute approximate surface area is 143 Å². The van der Waals surface area contributed by atoms with Gasteiger partial charge < -0.3 is 5.32 Å². The van der Waals surface area contributed by atoms with Crippen molar-refractivity contribution in [2.24, 2.45) is 0 Å². The third-order valence-electron chi connectivity index (χ3n) is 3.82. The molecule has 2 aromatic rings. The van der Waals surface area contributed by atoms with Gasteiger partial charge in [0.05, 0.1) is 18.2 Å². The summed E-state index contributed by atoms with van der Waals surface area (Å²) in [5.41, 5.74) is 3.67. The van der Waals surface area contributed by atoms with Crippen LogP contribution < -0.4 is 5.32 Å². The van der Waals surface area contributed by atoms with Crippen LogP contribution >= 0.6 is 0 Å². The van der Waals surface area contributed by atoms with E-state index in [-0.39, 0.29) is 5.91 Å². The van der Waals surface area contributed by atoms with Crippen molar-refractivity contribution in [3.8, 4) is 6.07 Å². The van der Waals surface area contributed by atoms with Crippen LogP contribution in [-0.4, -0.2) is 23.9 Å². The molecular formula is C20H23N3O. The molecule has 1 amide bonds. The molecule has 0 saturated heterocycles. The summed E-state index contributed by atoms with van der Waals surface area (Å²) in [5, 5.41) is 11.8. The van der Waals surface area contributed by atoms with E-state index in [1.165, 1.54) is 0 Å². The summed E-state index contributed by atoms with van der Waals surface area (Å²) in [5.74, 6) is -0.00797. The maximum atomic E-state index is 12.3. The summed E-state index contributed by atoms with van der Waals surface area (Å²) in [6, 6.07) is 17.4. The molecule has 0 aliphatic carbocycles. The van der Waals surface area contributed by atoms with Crippen molar-refractivity contribution in [3.05, 3.63) is 65.2 Å². The van der Waals surface area contributed by atoms with Gasteiger partial charge in [-0.25, -0.2) is 0 Å². The van der Waals surface area contributed by atoms with Crippen LogP contribution in [0.15, 0.2) is 48.5 Å². The highest BCUT2D eigenvalue weighted by Gasteiger charge is 2.11. The fourth-order valence-electron chi connectivity index (χ4n) is 2.58. The number of hydrogen-bond acceptors (Lipinski definition) is 3.